The summed E-state index contributed by atoms with van der Waals surface area (Å²) in [5, 5.41) is 10.6. The molecule has 7 atom stereocenters. The summed E-state index contributed by atoms with van der Waals surface area (Å²) in [4.78, 5) is 0. The van der Waals surface area contributed by atoms with Crippen LogP contribution in [-0.2, 0) is 0 Å². The lowest BCUT2D eigenvalue weighted by Crippen LogP contribution is -2.63. The molecule has 0 saturated heterocycles. The molecular formula is C22H36O. The minimum atomic E-state index is -0.106. The van der Waals surface area contributed by atoms with Crippen molar-refractivity contribution in [3.63, 3.8) is 0 Å². The summed E-state index contributed by atoms with van der Waals surface area (Å²) in [5.41, 5.74) is 1.46. The normalized spacial score (nSPS) is 57.5. The molecule has 1 heteroatoms. The molecule has 3 fully saturated rings. The van der Waals surface area contributed by atoms with Crippen LogP contribution in [-0.4, -0.2) is 11.2 Å². The lowest BCUT2D eigenvalue weighted by molar-refractivity contribution is -0.217. The monoisotopic (exact) mass is 316 g/mol. The number of fused-ring (bicyclic) bond motifs is 5. The van der Waals surface area contributed by atoms with Crippen LogP contribution in [0.2, 0.25) is 0 Å². The minimum Gasteiger partial charge on any atom is -0.393 e. The summed E-state index contributed by atoms with van der Waals surface area (Å²) in [6, 6.07) is 0. The average Bonchev–Trinajstić information content (AvgIpc) is 2.86. The number of hydrogen-bond donors (Lipinski definition) is 1. The fourth-order valence-corrected chi connectivity index (χ4v) is 8.13. The molecular weight excluding hydrogens is 280 g/mol. The number of allylic oxidation sites excluding steroid dienone is 2. The zero-order valence-electron chi connectivity index (χ0n) is 15.9. The van der Waals surface area contributed by atoms with Crippen LogP contribution in [0.5, 0.6) is 0 Å². The molecule has 0 unspecified atom stereocenters. The number of hydrogen-bond acceptors (Lipinski definition) is 1. The molecule has 0 radical (unpaired) electrons. The van der Waals surface area contributed by atoms with Crippen LogP contribution in [0.3, 0.4) is 0 Å². The Kier molecular flexibility index (Phi) is 3.27. The standard InChI is InChI=1S/C22H36O/c1-19(2)16-10-14-22(5)17(20(16,3)13-11-18(19)23)9-8-15-7-6-12-21(15,22)4/h6-7,15-18,23H,8-14H2,1-5H3/t15-,16+,17+,18-,20-,21+,22+/m0/s1. The zero-order chi connectivity index (χ0) is 16.7. The lowest BCUT2D eigenvalue weighted by Gasteiger charge is -2.69. The number of rotatable bonds is 0. The van der Waals surface area contributed by atoms with E-state index in [-0.39, 0.29) is 11.5 Å². The molecule has 0 aliphatic heterocycles. The largest absolute Gasteiger partial charge is 0.393 e. The molecule has 4 aliphatic rings. The van der Waals surface area contributed by atoms with Crippen LogP contribution in [0.4, 0.5) is 0 Å². The molecule has 23 heavy (non-hydrogen) atoms. The van der Waals surface area contributed by atoms with Crippen LogP contribution in [0, 0.1) is 39.4 Å². The van der Waals surface area contributed by atoms with Crippen molar-refractivity contribution in [1.82, 2.24) is 0 Å². The molecule has 0 bridgehead atoms. The van der Waals surface area contributed by atoms with Crippen LogP contribution >= 0.6 is 0 Å². The predicted molar refractivity (Wildman–Crippen MR) is 96.0 cm³/mol. The summed E-state index contributed by atoms with van der Waals surface area (Å²) < 4.78 is 0. The van der Waals surface area contributed by atoms with Gasteiger partial charge in [0.05, 0.1) is 6.10 Å². The van der Waals surface area contributed by atoms with Gasteiger partial charge in [-0.1, -0.05) is 46.8 Å². The summed E-state index contributed by atoms with van der Waals surface area (Å²) >= 11 is 0. The first kappa shape index (κ1) is 16.2. The van der Waals surface area contributed by atoms with Crippen molar-refractivity contribution in [2.75, 3.05) is 0 Å². The zero-order valence-corrected chi connectivity index (χ0v) is 15.9. The Morgan fingerprint density at radius 2 is 1.57 bits per heavy atom. The molecule has 4 aliphatic carbocycles. The number of aliphatic hydroxyl groups excluding tert-OH is 1. The van der Waals surface area contributed by atoms with Crippen molar-refractivity contribution < 1.29 is 5.11 Å². The van der Waals surface area contributed by atoms with E-state index >= 15 is 0 Å². The van der Waals surface area contributed by atoms with Crippen LogP contribution in [0.25, 0.3) is 0 Å². The average molecular weight is 317 g/mol. The van der Waals surface area contributed by atoms with Gasteiger partial charge in [-0.25, -0.2) is 0 Å². The van der Waals surface area contributed by atoms with Crippen molar-refractivity contribution in [2.45, 2.75) is 85.7 Å². The Morgan fingerprint density at radius 3 is 2.30 bits per heavy atom. The fourth-order valence-electron chi connectivity index (χ4n) is 8.13. The Hall–Kier alpha value is -0.300. The Balaban J connectivity index is 1.76. The second kappa shape index (κ2) is 4.65. The molecule has 1 N–H and O–H groups in total. The molecule has 0 amide bonds. The topological polar surface area (TPSA) is 20.2 Å². The van der Waals surface area contributed by atoms with E-state index in [0.29, 0.717) is 22.2 Å². The van der Waals surface area contributed by atoms with Crippen LogP contribution in [0.15, 0.2) is 12.2 Å². The minimum absolute atomic E-state index is 0.0833. The Labute approximate surface area is 142 Å². The number of aliphatic hydroxyl groups is 1. The maximum Gasteiger partial charge on any atom is 0.0594 e. The van der Waals surface area contributed by atoms with Crippen molar-refractivity contribution in [2.24, 2.45) is 39.4 Å². The first-order valence-corrected chi connectivity index (χ1v) is 10.0. The molecule has 0 heterocycles. The first-order chi connectivity index (χ1) is 10.7. The highest BCUT2D eigenvalue weighted by Gasteiger charge is 2.66. The highest BCUT2D eigenvalue weighted by atomic mass is 16.3. The third kappa shape index (κ3) is 1.78. The van der Waals surface area contributed by atoms with Gasteiger partial charge in [0.2, 0.25) is 0 Å². The lowest BCUT2D eigenvalue weighted by atomic mass is 9.35. The van der Waals surface area contributed by atoms with Gasteiger partial charge in [0, 0.05) is 0 Å². The van der Waals surface area contributed by atoms with E-state index in [1.165, 1.54) is 38.5 Å². The molecule has 0 aromatic rings. The third-order valence-corrected chi connectivity index (χ3v) is 9.83. The van der Waals surface area contributed by atoms with Crippen LogP contribution < -0.4 is 0 Å². The smallest absolute Gasteiger partial charge is 0.0594 e. The van der Waals surface area contributed by atoms with Crippen molar-refractivity contribution in [3.05, 3.63) is 12.2 Å². The van der Waals surface area contributed by atoms with Gasteiger partial charge in [-0.3, -0.25) is 0 Å². The van der Waals surface area contributed by atoms with Gasteiger partial charge >= 0.3 is 0 Å². The highest BCUT2D eigenvalue weighted by Crippen LogP contribution is 2.73. The van der Waals surface area contributed by atoms with Gasteiger partial charge in [0.25, 0.3) is 0 Å². The first-order valence-electron chi connectivity index (χ1n) is 10.0. The van der Waals surface area contributed by atoms with Gasteiger partial charge < -0.3 is 5.11 Å². The fraction of sp³-hybridized carbons (Fsp3) is 0.909. The predicted octanol–water partition coefficient (Wildman–Crippen LogP) is 5.58. The second-order valence-corrected chi connectivity index (χ2v) is 10.7. The van der Waals surface area contributed by atoms with Gasteiger partial charge in [-0.15, -0.1) is 0 Å². The second-order valence-electron chi connectivity index (χ2n) is 10.7. The SMILES string of the molecule is CC1(C)[C@H]2CC[C@]3(C)[C@H](CC[C@@H]4C=CC[C@]43C)[C@@]2(C)CC[C@@H]1O. The van der Waals surface area contributed by atoms with Crippen molar-refractivity contribution in [3.8, 4) is 0 Å². The molecule has 4 rings (SSSR count). The van der Waals surface area contributed by atoms with E-state index in [4.69, 9.17) is 0 Å². The quantitative estimate of drug-likeness (QED) is 0.578. The van der Waals surface area contributed by atoms with Gasteiger partial charge in [0.15, 0.2) is 0 Å². The summed E-state index contributed by atoms with van der Waals surface area (Å²) in [5.74, 6) is 2.33. The van der Waals surface area contributed by atoms with Gasteiger partial charge in [-0.2, -0.15) is 0 Å². The van der Waals surface area contributed by atoms with Crippen molar-refractivity contribution >= 4 is 0 Å². The van der Waals surface area contributed by atoms with E-state index < -0.39 is 0 Å². The van der Waals surface area contributed by atoms with Gasteiger partial charge in [-0.05, 0) is 84.4 Å². The molecule has 130 valence electrons. The van der Waals surface area contributed by atoms with Crippen LogP contribution in [0.1, 0.15) is 79.6 Å². The molecule has 0 aromatic carbocycles. The summed E-state index contributed by atoms with van der Waals surface area (Å²) in [7, 11) is 0. The summed E-state index contributed by atoms with van der Waals surface area (Å²) in [6.45, 7) is 12.5. The molecule has 0 spiro atoms. The van der Waals surface area contributed by atoms with E-state index in [2.05, 4.69) is 46.8 Å². The maximum absolute atomic E-state index is 10.6. The third-order valence-electron chi connectivity index (χ3n) is 9.83. The molecule has 1 nitrogen and oxygen atoms in total. The molecule has 0 aromatic heterocycles. The van der Waals surface area contributed by atoms with Crippen molar-refractivity contribution in [1.29, 1.82) is 0 Å². The Morgan fingerprint density at radius 1 is 0.826 bits per heavy atom. The van der Waals surface area contributed by atoms with Gasteiger partial charge in [0.1, 0.15) is 0 Å². The molecule has 3 saturated carbocycles. The summed E-state index contributed by atoms with van der Waals surface area (Å²) in [6.07, 6.45) is 13.9. The van der Waals surface area contributed by atoms with E-state index in [0.717, 1.165) is 18.3 Å². The van der Waals surface area contributed by atoms with E-state index in [9.17, 15) is 5.11 Å². The van der Waals surface area contributed by atoms with E-state index in [1.807, 2.05) is 0 Å². The Bertz CT molecular complexity index is 534. The highest BCUT2D eigenvalue weighted by molar-refractivity contribution is 5.21. The maximum atomic E-state index is 10.6. The van der Waals surface area contributed by atoms with E-state index in [1.54, 1.807) is 0 Å².